The number of rotatable bonds is 9. The molecule has 1 saturated heterocycles. The fourth-order valence-electron chi connectivity index (χ4n) is 5.00. The maximum atomic E-state index is 14.0. The number of benzene rings is 2. The molecule has 2 aromatic carbocycles. The third-order valence-corrected chi connectivity index (χ3v) is 9.60. The Balaban J connectivity index is 1.74. The first-order valence-corrected chi connectivity index (χ1v) is 14.7. The number of halogens is 1. The van der Waals surface area contributed by atoms with E-state index in [1.54, 1.807) is 36.2 Å². The number of amides is 1. The van der Waals surface area contributed by atoms with Crippen LogP contribution in [0, 0.1) is 6.92 Å². The minimum absolute atomic E-state index is 0.0920. The molecular formula is C29H32ClN3O5S. The number of sulfonamides is 1. The van der Waals surface area contributed by atoms with Gasteiger partial charge in [-0.1, -0.05) is 42.8 Å². The number of aromatic nitrogens is 1. The number of carbonyl (C=O) groups is 2. The van der Waals surface area contributed by atoms with Crippen LogP contribution in [0.5, 0.6) is 0 Å². The molecule has 206 valence electrons. The summed E-state index contributed by atoms with van der Waals surface area (Å²) in [5, 5.41) is 9.31. The van der Waals surface area contributed by atoms with Crippen LogP contribution in [0.3, 0.4) is 0 Å². The summed E-state index contributed by atoms with van der Waals surface area (Å²) in [4.78, 5) is 29.9. The maximum absolute atomic E-state index is 14.0. The Labute approximate surface area is 234 Å². The zero-order valence-corrected chi connectivity index (χ0v) is 23.6. The van der Waals surface area contributed by atoms with Gasteiger partial charge < -0.3 is 10.0 Å². The molecule has 0 radical (unpaired) electrons. The van der Waals surface area contributed by atoms with Crippen molar-refractivity contribution in [2.24, 2.45) is 0 Å². The lowest BCUT2D eigenvalue weighted by atomic mass is 9.95. The molecule has 1 amide bonds. The number of hydrogen-bond acceptors (Lipinski definition) is 5. The molecule has 0 saturated carbocycles. The normalized spacial score (nSPS) is 16.3. The molecule has 1 N–H and O–H groups in total. The number of aryl methyl sites for hydroxylation is 1. The lowest BCUT2D eigenvalue weighted by Gasteiger charge is -2.41. The highest BCUT2D eigenvalue weighted by Gasteiger charge is 2.39. The highest BCUT2D eigenvalue weighted by molar-refractivity contribution is 7.89. The van der Waals surface area contributed by atoms with Crippen molar-refractivity contribution < 1.29 is 23.1 Å². The summed E-state index contributed by atoms with van der Waals surface area (Å²) >= 11 is 6.28. The van der Waals surface area contributed by atoms with Gasteiger partial charge in [-0.15, -0.1) is 0 Å². The van der Waals surface area contributed by atoms with Gasteiger partial charge in [-0.3, -0.25) is 14.6 Å². The molecule has 3 aromatic rings. The number of carboxylic acid groups (broad SMARTS) is 1. The van der Waals surface area contributed by atoms with Gasteiger partial charge in [-0.2, -0.15) is 4.31 Å². The van der Waals surface area contributed by atoms with Crippen LogP contribution < -0.4 is 0 Å². The number of hydrogen-bond donors (Lipinski definition) is 1. The standard InChI is InChI=1S/C29H32ClN3O5S/c1-3-21-18-31-14-13-24(21)22-7-4-8-23(17-22)26-19-32(28(34)11-6-12-29(35)36)15-16-33(26)39(37,38)27-10-5-9-25(30)20(27)2/h4-5,7-10,13-14,17-18,26H,3,6,11-12,15-16,19H2,1-2H3,(H,35,36). The maximum Gasteiger partial charge on any atom is 0.303 e. The first-order valence-electron chi connectivity index (χ1n) is 12.9. The minimum atomic E-state index is -3.96. The summed E-state index contributed by atoms with van der Waals surface area (Å²) in [6.45, 7) is 4.21. The van der Waals surface area contributed by atoms with Gasteiger partial charge in [0.1, 0.15) is 0 Å². The average Bonchev–Trinajstić information content (AvgIpc) is 2.93. The van der Waals surface area contributed by atoms with Crippen molar-refractivity contribution in [1.82, 2.24) is 14.2 Å². The van der Waals surface area contributed by atoms with E-state index in [1.807, 2.05) is 36.5 Å². The molecule has 0 bridgehead atoms. The first-order chi connectivity index (χ1) is 18.6. The molecule has 2 heterocycles. The molecule has 1 unspecified atom stereocenters. The Kier molecular flexibility index (Phi) is 9.04. The summed E-state index contributed by atoms with van der Waals surface area (Å²) in [5.41, 5.74) is 4.27. The van der Waals surface area contributed by atoms with Crippen LogP contribution in [0.15, 0.2) is 65.8 Å². The molecule has 1 aliphatic heterocycles. The third-order valence-electron chi connectivity index (χ3n) is 7.14. The van der Waals surface area contributed by atoms with E-state index >= 15 is 0 Å². The van der Waals surface area contributed by atoms with Crippen molar-refractivity contribution in [2.45, 2.75) is 50.5 Å². The SMILES string of the molecule is CCc1cnccc1-c1cccc(C2CN(C(=O)CCCC(=O)O)CCN2S(=O)(=O)c2cccc(Cl)c2C)c1. The Morgan fingerprint density at radius 1 is 1.10 bits per heavy atom. The van der Waals surface area contributed by atoms with E-state index in [-0.39, 0.29) is 49.7 Å². The van der Waals surface area contributed by atoms with Crippen molar-refractivity contribution in [3.63, 3.8) is 0 Å². The molecule has 39 heavy (non-hydrogen) atoms. The smallest absolute Gasteiger partial charge is 0.303 e. The van der Waals surface area contributed by atoms with E-state index in [9.17, 15) is 18.0 Å². The van der Waals surface area contributed by atoms with Crippen LogP contribution in [0.4, 0.5) is 0 Å². The molecule has 0 aliphatic carbocycles. The second kappa shape index (κ2) is 12.3. The van der Waals surface area contributed by atoms with Crippen LogP contribution >= 0.6 is 11.6 Å². The topological polar surface area (TPSA) is 108 Å². The van der Waals surface area contributed by atoms with E-state index in [0.717, 1.165) is 28.7 Å². The minimum Gasteiger partial charge on any atom is -0.481 e. The van der Waals surface area contributed by atoms with Gasteiger partial charge in [0.15, 0.2) is 0 Å². The van der Waals surface area contributed by atoms with Gasteiger partial charge >= 0.3 is 5.97 Å². The lowest BCUT2D eigenvalue weighted by molar-refractivity contribution is -0.137. The summed E-state index contributed by atoms with van der Waals surface area (Å²) in [6, 6.07) is 13.9. The fraction of sp³-hybridized carbons (Fsp3) is 0.345. The Morgan fingerprint density at radius 3 is 2.62 bits per heavy atom. The second-order valence-electron chi connectivity index (χ2n) is 9.59. The van der Waals surface area contributed by atoms with Crippen LogP contribution in [0.1, 0.15) is 48.9 Å². The number of pyridine rings is 1. The van der Waals surface area contributed by atoms with Gasteiger partial charge in [0.2, 0.25) is 15.9 Å². The van der Waals surface area contributed by atoms with Crippen molar-refractivity contribution in [2.75, 3.05) is 19.6 Å². The van der Waals surface area contributed by atoms with Gasteiger partial charge in [0.05, 0.1) is 10.9 Å². The zero-order valence-electron chi connectivity index (χ0n) is 22.0. The number of carbonyl (C=O) groups excluding carboxylic acids is 1. The van der Waals surface area contributed by atoms with E-state index < -0.39 is 22.0 Å². The van der Waals surface area contributed by atoms with E-state index in [0.29, 0.717) is 10.6 Å². The van der Waals surface area contributed by atoms with E-state index in [1.165, 1.54) is 4.31 Å². The lowest BCUT2D eigenvalue weighted by Crippen LogP contribution is -2.52. The Morgan fingerprint density at radius 2 is 1.87 bits per heavy atom. The van der Waals surface area contributed by atoms with Crippen LogP contribution in [-0.4, -0.2) is 59.2 Å². The predicted octanol–water partition coefficient (Wildman–Crippen LogP) is 5.10. The van der Waals surface area contributed by atoms with Gasteiger partial charge in [0.25, 0.3) is 0 Å². The van der Waals surface area contributed by atoms with E-state index in [2.05, 4.69) is 11.9 Å². The van der Waals surface area contributed by atoms with Crippen molar-refractivity contribution in [3.8, 4) is 11.1 Å². The highest BCUT2D eigenvalue weighted by Crippen LogP contribution is 2.36. The summed E-state index contributed by atoms with van der Waals surface area (Å²) < 4.78 is 29.5. The Hall–Kier alpha value is -3.27. The van der Waals surface area contributed by atoms with Gasteiger partial charge in [-0.25, -0.2) is 8.42 Å². The second-order valence-corrected chi connectivity index (χ2v) is 11.9. The number of carboxylic acids is 1. The molecule has 8 nitrogen and oxygen atoms in total. The zero-order chi connectivity index (χ0) is 28.2. The highest BCUT2D eigenvalue weighted by atomic mass is 35.5. The molecular weight excluding hydrogens is 538 g/mol. The summed E-state index contributed by atoms with van der Waals surface area (Å²) in [5.74, 6) is -1.14. The quantitative estimate of drug-likeness (QED) is 0.384. The molecule has 1 aliphatic rings. The van der Waals surface area contributed by atoms with E-state index in [4.69, 9.17) is 16.7 Å². The predicted molar refractivity (Wildman–Crippen MR) is 150 cm³/mol. The third kappa shape index (κ3) is 6.32. The van der Waals surface area contributed by atoms with Crippen molar-refractivity contribution in [3.05, 3.63) is 82.6 Å². The van der Waals surface area contributed by atoms with Gasteiger partial charge in [0, 0.05) is 49.9 Å². The van der Waals surface area contributed by atoms with Crippen molar-refractivity contribution >= 4 is 33.5 Å². The molecule has 10 heteroatoms. The van der Waals surface area contributed by atoms with Crippen LogP contribution in [-0.2, 0) is 26.0 Å². The number of aliphatic carboxylic acids is 1. The largest absolute Gasteiger partial charge is 0.481 e. The fourth-order valence-corrected chi connectivity index (χ4v) is 7.07. The Bertz CT molecular complexity index is 1480. The summed E-state index contributed by atoms with van der Waals surface area (Å²) in [6.07, 6.45) is 4.60. The average molecular weight is 570 g/mol. The molecule has 1 fully saturated rings. The van der Waals surface area contributed by atoms with Crippen LogP contribution in [0.2, 0.25) is 5.02 Å². The summed E-state index contributed by atoms with van der Waals surface area (Å²) in [7, 11) is -3.96. The first kappa shape index (κ1) is 28.7. The van der Waals surface area contributed by atoms with Crippen molar-refractivity contribution in [1.29, 1.82) is 0 Å². The molecule has 4 rings (SSSR count). The monoisotopic (exact) mass is 569 g/mol. The van der Waals surface area contributed by atoms with Crippen LogP contribution in [0.25, 0.3) is 11.1 Å². The molecule has 1 aromatic heterocycles. The van der Waals surface area contributed by atoms with Gasteiger partial charge in [-0.05, 0) is 71.8 Å². The number of piperazine rings is 1. The molecule has 1 atom stereocenters. The number of nitrogens with zero attached hydrogens (tertiary/aromatic N) is 3. The molecule has 0 spiro atoms.